The fourth-order valence-corrected chi connectivity index (χ4v) is 2.48. The minimum atomic E-state index is 0.335. The lowest BCUT2D eigenvalue weighted by Gasteiger charge is -2.32. The van der Waals surface area contributed by atoms with Crippen LogP contribution in [0.2, 0.25) is 0 Å². The molecule has 0 aliphatic heterocycles. The highest BCUT2D eigenvalue weighted by Crippen LogP contribution is 2.40. The van der Waals surface area contributed by atoms with Crippen LogP contribution >= 0.6 is 0 Å². The van der Waals surface area contributed by atoms with Crippen molar-refractivity contribution in [2.75, 3.05) is 6.54 Å². The molecule has 0 aromatic heterocycles. The summed E-state index contributed by atoms with van der Waals surface area (Å²) >= 11 is 0. The smallest absolute Gasteiger partial charge is 0.0112 e. The van der Waals surface area contributed by atoms with Crippen molar-refractivity contribution in [1.29, 1.82) is 0 Å². The molecule has 1 aliphatic rings. The van der Waals surface area contributed by atoms with E-state index in [1.165, 1.54) is 30.4 Å². The monoisotopic (exact) mass is 219 g/mol. The van der Waals surface area contributed by atoms with Gasteiger partial charge in [-0.3, -0.25) is 0 Å². The minimum absolute atomic E-state index is 0.335. The highest BCUT2D eigenvalue weighted by atomic mass is 14.5. The molecule has 0 saturated carbocycles. The topological polar surface area (TPSA) is 26.0 Å². The van der Waals surface area contributed by atoms with E-state index in [0.717, 1.165) is 0 Å². The number of hydrogen-bond acceptors (Lipinski definition) is 1. The van der Waals surface area contributed by atoms with Crippen molar-refractivity contribution in [3.8, 4) is 0 Å². The summed E-state index contributed by atoms with van der Waals surface area (Å²) in [6.07, 6.45) is 10.4. The van der Waals surface area contributed by atoms with E-state index in [1.54, 1.807) is 5.57 Å². The summed E-state index contributed by atoms with van der Waals surface area (Å²) in [4.78, 5) is 0. The Bertz CT molecular complexity index is 329. The molecule has 0 aromatic carbocycles. The number of allylic oxidation sites excluding steroid dienone is 5. The molecule has 0 spiro atoms. The Balaban J connectivity index is 2.89. The van der Waals surface area contributed by atoms with Crippen molar-refractivity contribution in [3.63, 3.8) is 0 Å². The zero-order valence-electron chi connectivity index (χ0n) is 11.1. The quantitative estimate of drug-likeness (QED) is 0.714. The van der Waals surface area contributed by atoms with Gasteiger partial charge in [-0.2, -0.15) is 0 Å². The van der Waals surface area contributed by atoms with Gasteiger partial charge in [-0.25, -0.2) is 0 Å². The van der Waals surface area contributed by atoms with E-state index in [0.29, 0.717) is 12.0 Å². The number of nitrogens with two attached hydrogens (primary N) is 1. The largest absolute Gasteiger partial charge is 0.327 e. The van der Waals surface area contributed by atoms with Gasteiger partial charge in [0.1, 0.15) is 0 Å². The normalized spacial score (nSPS) is 21.9. The number of hydrogen-bond donors (Lipinski definition) is 1. The van der Waals surface area contributed by atoms with Gasteiger partial charge >= 0.3 is 0 Å². The van der Waals surface area contributed by atoms with E-state index in [4.69, 9.17) is 5.73 Å². The van der Waals surface area contributed by atoms with Crippen molar-refractivity contribution >= 4 is 0 Å². The lowest BCUT2D eigenvalue weighted by atomic mass is 9.72. The van der Waals surface area contributed by atoms with E-state index < -0.39 is 0 Å². The van der Waals surface area contributed by atoms with Crippen LogP contribution in [0.5, 0.6) is 0 Å². The van der Waals surface area contributed by atoms with Gasteiger partial charge in [0.25, 0.3) is 0 Å². The van der Waals surface area contributed by atoms with E-state index in [9.17, 15) is 0 Å². The standard InChI is InChI=1S/C15H25N/c1-12(9-11-16)7-8-14-13(2)6-5-10-15(14,3)4/h7-9H,5-6,10-11,16H2,1-4H3/b8-7+,12-9+. The van der Waals surface area contributed by atoms with E-state index in [1.807, 2.05) is 0 Å². The van der Waals surface area contributed by atoms with Crippen molar-refractivity contribution in [3.05, 3.63) is 34.9 Å². The van der Waals surface area contributed by atoms with Gasteiger partial charge in [0, 0.05) is 6.54 Å². The summed E-state index contributed by atoms with van der Waals surface area (Å²) in [5.41, 5.74) is 10.2. The molecule has 0 fully saturated rings. The zero-order chi connectivity index (χ0) is 12.2. The first-order valence-electron chi connectivity index (χ1n) is 6.22. The molecule has 1 nitrogen and oxygen atoms in total. The second-order valence-corrected chi connectivity index (χ2v) is 5.45. The second-order valence-electron chi connectivity index (χ2n) is 5.45. The Kier molecular flexibility index (Phi) is 4.55. The van der Waals surface area contributed by atoms with Crippen LogP contribution in [0.15, 0.2) is 34.9 Å². The fourth-order valence-electron chi connectivity index (χ4n) is 2.48. The highest BCUT2D eigenvalue weighted by molar-refractivity contribution is 5.35. The molecule has 0 heterocycles. The summed E-state index contributed by atoms with van der Waals surface area (Å²) in [5, 5.41) is 0. The fraction of sp³-hybridized carbons (Fsp3) is 0.600. The second kappa shape index (κ2) is 5.49. The van der Waals surface area contributed by atoms with Gasteiger partial charge in [0.2, 0.25) is 0 Å². The zero-order valence-corrected chi connectivity index (χ0v) is 11.1. The van der Waals surface area contributed by atoms with E-state index in [-0.39, 0.29) is 0 Å². The maximum Gasteiger partial charge on any atom is 0.0112 e. The lowest BCUT2D eigenvalue weighted by Crippen LogP contribution is -2.19. The molecule has 0 amide bonds. The average Bonchev–Trinajstić information content (AvgIpc) is 2.16. The molecule has 0 atom stereocenters. The summed E-state index contributed by atoms with van der Waals surface area (Å²) in [6, 6.07) is 0. The van der Waals surface area contributed by atoms with Crippen molar-refractivity contribution < 1.29 is 0 Å². The lowest BCUT2D eigenvalue weighted by molar-refractivity contribution is 0.377. The first-order valence-corrected chi connectivity index (χ1v) is 6.22. The third-order valence-corrected chi connectivity index (χ3v) is 3.50. The van der Waals surface area contributed by atoms with Crippen LogP contribution in [0.3, 0.4) is 0 Å². The van der Waals surface area contributed by atoms with E-state index in [2.05, 4.69) is 45.9 Å². The summed E-state index contributed by atoms with van der Waals surface area (Å²) in [6.45, 7) is 9.68. The summed E-state index contributed by atoms with van der Waals surface area (Å²) in [7, 11) is 0. The first-order chi connectivity index (χ1) is 7.47. The number of rotatable bonds is 3. The SMILES string of the molecule is CC1=C(/C=C/C(C)=C/CN)C(C)(C)CCC1. The van der Waals surface area contributed by atoms with Gasteiger partial charge in [0.05, 0.1) is 0 Å². The Hall–Kier alpha value is -0.820. The molecule has 0 radical (unpaired) electrons. The predicted octanol–water partition coefficient (Wildman–Crippen LogP) is 3.97. The molecular formula is C15H25N. The molecular weight excluding hydrogens is 194 g/mol. The third kappa shape index (κ3) is 3.34. The first kappa shape index (κ1) is 13.2. The van der Waals surface area contributed by atoms with Crippen LogP contribution in [0.1, 0.15) is 47.0 Å². The van der Waals surface area contributed by atoms with Crippen LogP contribution in [-0.4, -0.2) is 6.54 Å². The molecule has 0 saturated heterocycles. The molecule has 90 valence electrons. The third-order valence-electron chi connectivity index (χ3n) is 3.50. The van der Waals surface area contributed by atoms with Crippen molar-refractivity contribution in [2.24, 2.45) is 11.1 Å². The Morgan fingerprint density at radius 2 is 2.12 bits per heavy atom. The average molecular weight is 219 g/mol. The summed E-state index contributed by atoms with van der Waals surface area (Å²) < 4.78 is 0. The van der Waals surface area contributed by atoms with E-state index >= 15 is 0 Å². The van der Waals surface area contributed by atoms with Gasteiger partial charge < -0.3 is 5.73 Å². The van der Waals surface area contributed by atoms with Gasteiger partial charge in [-0.05, 0) is 44.1 Å². The Morgan fingerprint density at radius 3 is 2.69 bits per heavy atom. The molecule has 1 aliphatic carbocycles. The highest BCUT2D eigenvalue weighted by Gasteiger charge is 2.26. The Labute approximate surface area is 100 Å². The molecule has 2 N–H and O–H groups in total. The minimum Gasteiger partial charge on any atom is -0.327 e. The van der Waals surface area contributed by atoms with Crippen molar-refractivity contribution in [2.45, 2.75) is 47.0 Å². The summed E-state index contributed by atoms with van der Waals surface area (Å²) in [5.74, 6) is 0. The maximum absolute atomic E-state index is 5.50. The van der Waals surface area contributed by atoms with Crippen molar-refractivity contribution in [1.82, 2.24) is 0 Å². The van der Waals surface area contributed by atoms with Crippen LogP contribution < -0.4 is 5.73 Å². The molecule has 0 aromatic rings. The predicted molar refractivity (Wildman–Crippen MR) is 72.3 cm³/mol. The van der Waals surface area contributed by atoms with Gasteiger partial charge in [0.15, 0.2) is 0 Å². The van der Waals surface area contributed by atoms with Gasteiger partial charge in [-0.15, -0.1) is 0 Å². The van der Waals surface area contributed by atoms with Crippen LogP contribution in [0.25, 0.3) is 0 Å². The van der Waals surface area contributed by atoms with Crippen LogP contribution in [-0.2, 0) is 0 Å². The van der Waals surface area contributed by atoms with Crippen LogP contribution in [0.4, 0.5) is 0 Å². The Morgan fingerprint density at radius 1 is 1.44 bits per heavy atom. The molecule has 1 heteroatoms. The molecule has 0 bridgehead atoms. The van der Waals surface area contributed by atoms with Gasteiger partial charge in [-0.1, -0.05) is 43.2 Å². The molecule has 16 heavy (non-hydrogen) atoms. The molecule has 1 rings (SSSR count). The van der Waals surface area contributed by atoms with Crippen LogP contribution in [0, 0.1) is 5.41 Å². The maximum atomic E-state index is 5.50. The molecule has 0 unspecified atom stereocenters.